The van der Waals surface area contributed by atoms with E-state index in [1.165, 1.54) is 6.07 Å². The predicted molar refractivity (Wildman–Crippen MR) is 65.5 cm³/mol. The molecule has 106 valence electrons. The monoisotopic (exact) mass is 328 g/mol. The Morgan fingerprint density at radius 3 is 2.35 bits per heavy atom. The standard InChI is InChI=1S/C11H12O7S.K.H/c1-7-4-2-3-5-8(7)18-11(14)9(6-10(12)13)19(15,16)17;;/h2-5,9H,6H2,1H3,(H,12,13)(H,15,16,17);;/q;+1;-1. The molecule has 1 aromatic carbocycles. The first kappa shape index (κ1) is 19.7. The maximum absolute atomic E-state index is 11.6. The molecule has 0 saturated heterocycles. The average Bonchev–Trinajstić information content (AvgIpc) is 2.27. The van der Waals surface area contributed by atoms with Crippen LogP contribution in [0.1, 0.15) is 13.4 Å². The van der Waals surface area contributed by atoms with Crippen molar-refractivity contribution < 1.29 is 85.2 Å². The van der Waals surface area contributed by atoms with Gasteiger partial charge in [-0.1, -0.05) is 18.2 Å². The van der Waals surface area contributed by atoms with Gasteiger partial charge in [0.2, 0.25) is 0 Å². The van der Waals surface area contributed by atoms with Crippen molar-refractivity contribution in [2.75, 3.05) is 0 Å². The number of benzene rings is 1. The van der Waals surface area contributed by atoms with E-state index in [0.29, 0.717) is 5.56 Å². The molecule has 1 rings (SSSR count). The molecular weight excluding hydrogens is 315 g/mol. The number of carbonyl (C=O) groups excluding carboxylic acids is 1. The van der Waals surface area contributed by atoms with Gasteiger partial charge >= 0.3 is 63.3 Å². The molecule has 0 bridgehead atoms. The van der Waals surface area contributed by atoms with E-state index in [0.717, 1.165) is 0 Å². The molecule has 0 aliphatic heterocycles. The number of carboxylic acid groups (broad SMARTS) is 1. The summed E-state index contributed by atoms with van der Waals surface area (Å²) >= 11 is 0. The Hall–Kier alpha value is -0.294. The van der Waals surface area contributed by atoms with E-state index in [4.69, 9.17) is 14.4 Å². The van der Waals surface area contributed by atoms with Crippen LogP contribution in [-0.2, 0) is 19.7 Å². The van der Waals surface area contributed by atoms with Crippen molar-refractivity contribution in [1.82, 2.24) is 0 Å². The smallest absolute Gasteiger partial charge is 1.00 e. The van der Waals surface area contributed by atoms with Crippen molar-refractivity contribution in [2.45, 2.75) is 18.6 Å². The van der Waals surface area contributed by atoms with Crippen LogP contribution < -0.4 is 56.1 Å². The van der Waals surface area contributed by atoms with Crippen molar-refractivity contribution in [2.24, 2.45) is 0 Å². The van der Waals surface area contributed by atoms with E-state index in [1.54, 1.807) is 25.1 Å². The van der Waals surface area contributed by atoms with Gasteiger partial charge in [-0.15, -0.1) is 0 Å². The molecule has 0 saturated carbocycles. The molecule has 20 heavy (non-hydrogen) atoms. The quantitative estimate of drug-likeness (QED) is 0.271. The zero-order valence-electron chi connectivity index (χ0n) is 11.9. The maximum Gasteiger partial charge on any atom is 1.00 e. The number of carboxylic acids is 1. The summed E-state index contributed by atoms with van der Waals surface area (Å²) in [5.74, 6) is -2.77. The molecule has 0 heterocycles. The summed E-state index contributed by atoms with van der Waals surface area (Å²) in [7, 11) is -4.85. The summed E-state index contributed by atoms with van der Waals surface area (Å²) in [4.78, 5) is 22.1. The molecule has 7 nitrogen and oxygen atoms in total. The minimum atomic E-state index is -4.85. The molecule has 0 aliphatic carbocycles. The number of aryl methyl sites for hydroxylation is 1. The van der Waals surface area contributed by atoms with Crippen molar-refractivity contribution in [3.05, 3.63) is 29.8 Å². The van der Waals surface area contributed by atoms with Crippen molar-refractivity contribution in [3.8, 4) is 5.75 Å². The first-order valence-corrected chi connectivity index (χ1v) is 6.67. The number of rotatable bonds is 5. The van der Waals surface area contributed by atoms with Crippen molar-refractivity contribution >= 4 is 22.1 Å². The van der Waals surface area contributed by atoms with E-state index >= 15 is 0 Å². The van der Waals surface area contributed by atoms with Gasteiger partial charge < -0.3 is 11.3 Å². The molecule has 1 unspecified atom stereocenters. The second-order valence-electron chi connectivity index (χ2n) is 3.79. The van der Waals surface area contributed by atoms with Gasteiger partial charge in [0.25, 0.3) is 10.1 Å². The van der Waals surface area contributed by atoms with E-state index in [9.17, 15) is 18.0 Å². The Labute approximate surface area is 160 Å². The molecule has 0 aliphatic rings. The van der Waals surface area contributed by atoms with E-state index < -0.39 is 33.7 Å². The second-order valence-corrected chi connectivity index (χ2v) is 5.39. The summed E-state index contributed by atoms with van der Waals surface area (Å²) in [5, 5.41) is 6.38. The van der Waals surface area contributed by atoms with E-state index in [2.05, 4.69) is 0 Å². The fourth-order valence-electron chi connectivity index (χ4n) is 1.31. The Bertz CT molecular complexity index is 602. The number of esters is 1. The van der Waals surface area contributed by atoms with Gasteiger partial charge in [-0.05, 0) is 18.6 Å². The molecule has 0 amide bonds. The molecule has 1 atom stereocenters. The van der Waals surface area contributed by atoms with Crippen LogP contribution in [0.3, 0.4) is 0 Å². The van der Waals surface area contributed by atoms with Crippen LogP contribution in [0.5, 0.6) is 5.75 Å². The Morgan fingerprint density at radius 1 is 1.35 bits per heavy atom. The minimum absolute atomic E-state index is 0. The molecule has 0 fully saturated rings. The Morgan fingerprint density at radius 2 is 1.90 bits per heavy atom. The number of hydrogen-bond acceptors (Lipinski definition) is 5. The van der Waals surface area contributed by atoms with E-state index in [1.807, 2.05) is 0 Å². The van der Waals surface area contributed by atoms with Crippen LogP contribution in [0.2, 0.25) is 0 Å². The molecule has 9 heteroatoms. The number of ether oxygens (including phenoxy) is 1. The molecule has 0 spiro atoms. The molecule has 0 aromatic heterocycles. The number of carbonyl (C=O) groups is 2. The predicted octanol–water partition coefficient (Wildman–Crippen LogP) is -2.25. The third-order valence-corrected chi connectivity index (χ3v) is 3.36. The Kier molecular flexibility index (Phi) is 8.10. The topological polar surface area (TPSA) is 118 Å². The largest absolute Gasteiger partial charge is 1.00 e. The van der Waals surface area contributed by atoms with Gasteiger partial charge in [0.05, 0.1) is 6.42 Å². The molecule has 0 radical (unpaired) electrons. The van der Waals surface area contributed by atoms with Crippen molar-refractivity contribution in [3.63, 3.8) is 0 Å². The SMILES string of the molecule is Cc1ccccc1OC(=O)C(CC(=O)O)S(=O)(=O)O.[H-].[K+]. The first-order valence-electron chi connectivity index (χ1n) is 5.17. The van der Waals surface area contributed by atoms with Gasteiger partial charge in [0, 0.05) is 0 Å². The van der Waals surface area contributed by atoms with Gasteiger partial charge in [-0.25, -0.2) is 0 Å². The van der Waals surface area contributed by atoms with Gasteiger partial charge in [0.15, 0.2) is 5.25 Å². The van der Waals surface area contributed by atoms with Gasteiger partial charge in [0.1, 0.15) is 5.75 Å². The third kappa shape index (κ3) is 6.00. The fourth-order valence-corrected chi connectivity index (χ4v) is 1.96. The van der Waals surface area contributed by atoms with Crippen LogP contribution >= 0.6 is 0 Å². The number of aliphatic carboxylic acids is 1. The summed E-state index contributed by atoms with van der Waals surface area (Å²) in [6.07, 6.45) is -1.07. The van der Waals surface area contributed by atoms with Crippen LogP contribution in [-0.4, -0.2) is 35.3 Å². The number of para-hydroxylation sites is 1. The van der Waals surface area contributed by atoms with Crippen LogP contribution in [0.25, 0.3) is 0 Å². The summed E-state index contributed by atoms with van der Waals surface area (Å²) in [5.41, 5.74) is 0.570. The summed E-state index contributed by atoms with van der Waals surface area (Å²) < 4.78 is 35.6. The zero-order chi connectivity index (χ0) is 14.6. The van der Waals surface area contributed by atoms with Crippen molar-refractivity contribution in [1.29, 1.82) is 0 Å². The van der Waals surface area contributed by atoms with Crippen LogP contribution in [0, 0.1) is 6.92 Å². The summed E-state index contributed by atoms with van der Waals surface area (Å²) in [6, 6.07) is 6.30. The maximum atomic E-state index is 11.6. The van der Waals surface area contributed by atoms with E-state index in [-0.39, 0.29) is 58.6 Å². The second kappa shape index (κ2) is 8.22. The zero-order valence-corrected chi connectivity index (χ0v) is 14.9. The molecule has 2 N–H and O–H groups in total. The molecule has 1 aromatic rings. The third-order valence-electron chi connectivity index (χ3n) is 2.29. The summed E-state index contributed by atoms with van der Waals surface area (Å²) in [6.45, 7) is 1.63. The average molecular weight is 328 g/mol. The van der Waals surface area contributed by atoms with Crippen LogP contribution in [0.15, 0.2) is 24.3 Å². The molecular formula is C11H13KO7S. The normalized spacial score (nSPS) is 12.1. The minimum Gasteiger partial charge on any atom is -1.00 e. The number of hydrogen-bond donors (Lipinski definition) is 2. The van der Waals surface area contributed by atoms with Gasteiger partial charge in [-0.3, -0.25) is 14.1 Å². The van der Waals surface area contributed by atoms with Crippen LogP contribution in [0.4, 0.5) is 0 Å². The fraction of sp³-hybridized carbons (Fsp3) is 0.273. The first-order chi connectivity index (χ1) is 8.71. The van der Waals surface area contributed by atoms with Gasteiger partial charge in [-0.2, -0.15) is 8.42 Å². The Balaban J connectivity index is 0.